The summed E-state index contributed by atoms with van der Waals surface area (Å²) in [4.78, 5) is 56.1. The van der Waals surface area contributed by atoms with Crippen LogP contribution in [0.2, 0.25) is 0 Å². The molecule has 2 aromatic heterocycles. The second-order valence-electron chi connectivity index (χ2n) is 6.23. The van der Waals surface area contributed by atoms with Crippen LogP contribution in [0, 0.1) is 6.92 Å². The number of carbonyl (C=O) groups is 4. The summed E-state index contributed by atoms with van der Waals surface area (Å²) < 4.78 is 0. The Morgan fingerprint density at radius 3 is 1.61 bits per heavy atom. The molecule has 177 valence electrons. The molecule has 0 saturated carbocycles. The van der Waals surface area contributed by atoms with Gasteiger partial charge in [0.2, 0.25) is 0 Å². The average Bonchev–Trinajstić information content (AvgIpc) is 2.68. The van der Waals surface area contributed by atoms with Crippen LogP contribution in [0.5, 0.6) is 0 Å². The molecule has 0 aliphatic carbocycles. The minimum atomic E-state index is -1.10. The molecule has 1 radical (unpaired) electrons. The van der Waals surface area contributed by atoms with Crippen LogP contribution in [0.25, 0.3) is 0 Å². The van der Waals surface area contributed by atoms with Crippen molar-refractivity contribution in [1.29, 1.82) is 0 Å². The van der Waals surface area contributed by atoms with Crippen molar-refractivity contribution >= 4 is 23.9 Å². The number of rotatable bonds is 11. The van der Waals surface area contributed by atoms with Gasteiger partial charge in [0.05, 0.1) is 31.0 Å². The molecule has 0 amide bonds. The number of carboxylic acids is 3. The Balaban J connectivity index is 0.000000602. The van der Waals surface area contributed by atoms with E-state index in [1.54, 1.807) is 48.8 Å². The molecule has 0 spiro atoms. The minimum absolute atomic E-state index is 0. The molecule has 0 aliphatic rings. The maximum absolute atomic E-state index is 10.6. The van der Waals surface area contributed by atoms with E-state index in [9.17, 15) is 19.2 Å². The van der Waals surface area contributed by atoms with Gasteiger partial charge in [-0.3, -0.25) is 41.0 Å². The topological polar surface area (TPSA) is 170 Å². The van der Waals surface area contributed by atoms with Crippen LogP contribution in [-0.4, -0.2) is 78.8 Å². The van der Waals surface area contributed by atoms with Crippen LogP contribution in [-0.2, 0) is 54.2 Å². The molecular formula is C20H23FeN4O8+2. The molecular weight excluding hydrogens is 480 g/mol. The zero-order valence-electron chi connectivity index (χ0n) is 17.4. The van der Waals surface area contributed by atoms with E-state index in [0.717, 1.165) is 5.06 Å². The number of carbonyl (C=O) groups excluding carboxylic acids is 1. The third-order valence-electron chi connectivity index (χ3n) is 3.44. The van der Waals surface area contributed by atoms with Gasteiger partial charge >= 0.3 is 35.0 Å². The van der Waals surface area contributed by atoms with Gasteiger partial charge < -0.3 is 20.2 Å². The number of aliphatic carboxylic acids is 3. The fourth-order valence-corrected chi connectivity index (χ4v) is 2.36. The first kappa shape index (κ1) is 29.5. The molecule has 0 unspecified atom stereocenters. The Hall–Kier alpha value is -3.51. The summed E-state index contributed by atoms with van der Waals surface area (Å²) in [5.74, 6) is -4.02. The molecule has 2 rings (SSSR count). The van der Waals surface area contributed by atoms with E-state index >= 15 is 0 Å². The van der Waals surface area contributed by atoms with E-state index < -0.39 is 30.4 Å². The molecule has 33 heavy (non-hydrogen) atoms. The maximum atomic E-state index is 10.6. The Morgan fingerprint density at radius 1 is 0.788 bits per heavy atom. The van der Waals surface area contributed by atoms with E-state index in [-0.39, 0.29) is 43.2 Å². The van der Waals surface area contributed by atoms with Gasteiger partial charge in [0.1, 0.15) is 6.54 Å². The summed E-state index contributed by atoms with van der Waals surface area (Å²) in [5, 5.41) is 26.8. The van der Waals surface area contributed by atoms with Crippen LogP contribution in [0.4, 0.5) is 0 Å². The molecule has 3 N–H and O–H groups in total. The van der Waals surface area contributed by atoms with Gasteiger partial charge in [0.25, 0.3) is 0 Å². The normalized spacial score (nSPS) is 9.88. The van der Waals surface area contributed by atoms with Gasteiger partial charge in [-0.05, 0) is 24.3 Å². The Labute approximate surface area is 200 Å². The standard InChI is InChI=1S/C10H11N2O4.C10H12N2O4.Fe/c1-8(13)16-12(7-10(14)15)6-9-4-2-3-5-11-9;13-9(14)6-12(7-10(15)16)5-8-3-1-2-4-11-8;/h2-5H,1,6-7H2,(H,14,15);1-4H,5-7H2,(H,13,14)(H,15,16);/q-1;;+3. The fourth-order valence-electron chi connectivity index (χ4n) is 2.36. The summed E-state index contributed by atoms with van der Waals surface area (Å²) in [7, 11) is 0. The zero-order valence-corrected chi connectivity index (χ0v) is 18.5. The van der Waals surface area contributed by atoms with Crippen LogP contribution >= 0.6 is 0 Å². The third kappa shape index (κ3) is 15.0. The van der Waals surface area contributed by atoms with Gasteiger partial charge in [0.15, 0.2) is 5.97 Å². The first-order chi connectivity index (χ1) is 15.2. The summed E-state index contributed by atoms with van der Waals surface area (Å²) in [6, 6.07) is 10.4. The summed E-state index contributed by atoms with van der Waals surface area (Å²) >= 11 is 0. The predicted octanol–water partition coefficient (Wildman–Crippen LogP) is 0.311. The van der Waals surface area contributed by atoms with Crippen molar-refractivity contribution in [2.45, 2.75) is 13.1 Å². The molecule has 0 saturated heterocycles. The smallest absolute Gasteiger partial charge is 0.480 e. The number of hydroxylamine groups is 2. The second kappa shape index (κ2) is 16.2. The number of nitrogens with zero attached hydrogens (tertiary/aromatic N) is 4. The second-order valence-corrected chi connectivity index (χ2v) is 6.23. The van der Waals surface area contributed by atoms with E-state index in [1.807, 2.05) is 0 Å². The van der Waals surface area contributed by atoms with Gasteiger partial charge in [-0.25, -0.2) is 0 Å². The van der Waals surface area contributed by atoms with E-state index in [1.165, 1.54) is 4.90 Å². The average molecular weight is 503 g/mol. The van der Waals surface area contributed by atoms with Crippen molar-refractivity contribution < 1.29 is 56.4 Å². The molecule has 12 nitrogen and oxygen atoms in total. The Morgan fingerprint density at radius 2 is 1.24 bits per heavy atom. The van der Waals surface area contributed by atoms with Gasteiger partial charge in [-0.1, -0.05) is 12.1 Å². The molecule has 13 heteroatoms. The van der Waals surface area contributed by atoms with Crippen molar-refractivity contribution in [3.8, 4) is 0 Å². The SMILES string of the molecule is O=C(O)CN(CC(=O)O)Cc1ccccn1.[CH2-]C(=O)ON(CC(=O)O)Cc1ccccn1.[Fe+3]. The number of hydrogen-bond acceptors (Lipinski definition) is 9. The van der Waals surface area contributed by atoms with Crippen molar-refractivity contribution in [1.82, 2.24) is 19.9 Å². The van der Waals surface area contributed by atoms with Crippen LogP contribution in [0.3, 0.4) is 0 Å². The largest absolute Gasteiger partial charge is 3.00 e. The minimum Gasteiger partial charge on any atom is -0.480 e. The summed E-state index contributed by atoms with van der Waals surface area (Å²) in [6.07, 6.45) is 3.15. The first-order valence-corrected chi connectivity index (χ1v) is 9.12. The number of pyridine rings is 2. The summed E-state index contributed by atoms with van der Waals surface area (Å²) in [6.45, 7) is 2.27. The van der Waals surface area contributed by atoms with Crippen molar-refractivity contribution in [3.63, 3.8) is 0 Å². The number of hydrogen-bond donors (Lipinski definition) is 3. The zero-order chi connectivity index (χ0) is 23.9. The van der Waals surface area contributed by atoms with Gasteiger partial charge in [0, 0.05) is 18.9 Å². The van der Waals surface area contributed by atoms with Crippen molar-refractivity contribution in [3.05, 3.63) is 67.1 Å². The Kier molecular flexibility index (Phi) is 14.4. The van der Waals surface area contributed by atoms with Gasteiger partial charge in [-0.15, -0.1) is 5.06 Å². The van der Waals surface area contributed by atoms with Crippen LogP contribution < -0.4 is 0 Å². The van der Waals surface area contributed by atoms with Crippen molar-refractivity contribution in [2.75, 3.05) is 19.6 Å². The molecule has 0 aromatic carbocycles. The monoisotopic (exact) mass is 503 g/mol. The maximum Gasteiger partial charge on any atom is 3.00 e. The molecule has 0 aliphatic heterocycles. The molecule has 0 atom stereocenters. The Bertz CT molecular complexity index is 781. The van der Waals surface area contributed by atoms with E-state index in [4.69, 9.17) is 15.3 Å². The molecule has 2 heterocycles. The quantitative estimate of drug-likeness (QED) is 0.218. The van der Waals surface area contributed by atoms with E-state index in [2.05, 4.69) is 21.7 Å². The number of aromatic nitrogens is 2. The number of carboxylic acid groups (broad SMARTS) is 3. The van der Waals surface area contributed by atoms with Crippen LogP contribution in [0.1, 0.15) is 11.4 Å². The molecule has 2 aromatic rings. The van der Waals surface area contributed by atoms with Gasteiger partial charge in [-0.2, -0.15) is 0 Å². The van der Waals surface area contributed by atoms with Crippen LogP contribution in [0.15, 0.2) is 48.8 Å². The first-order valence-electron chi connectivity index (χ1n) is 9.12. The van der Waals surface area contributed by atoms with Crippen molar-refractivity contribution in [2.24, 2.45) is 0 Å². The fraction of sp³-hybridized carbons (Fsp3) is 0.250. The third-order valence-corrected chi connectivity index (χ3v) is 3.44. The van der Waals surface area contributed by atoms with E-state index in [0.29, 0.717) is 11.4 Å². The molecule has 0 fully saturated rings. The molecule has 0 bridgehead atoms. The summed E-state index contributed by atoms with van der Waals surface area (Å²) in [5.41, 5.74) is 1.25. The predicted molar refractivity (Wildman–Crippen MR) is 109 cm³/mol.